The van der Waals surface area contributed by atoms with Gasteiger partial charge in [-0.2, -0.15) is 0 Å². The van der Waals surface area contributed by atoms with E-state index in [0.29, 0.717) is 25.1 Å². The highest BCUT2D eigenvalue weighted by atomic mass is 16.6. The third kappa shape index (κ3) is 10.6. The number of aliphatic imine (C=N–C) groups is 1. The Morgan fingerprint density at radius 1 is 1.34 bits per heavy atom. The van der Waals surface area contributed by atoms with E-state index in [1.54, 1.807) is 0 Å². The lowest BCUT2D eigenvalue weighted by molar-refractivity contribution is 0.0169. The second-order valence-corrected chi connectivity index (χ2v) is 10.6. The zero-order valence-corrected chi connectivity index (χ0v) is 23.4. The van der Waals surface area contributed by atoms with Crippen LogP contribution >= 0.6 is 0 Å². The first-order chi connectivity index (χ1) is 16.3. The maximum Gasteiger partial charge on any atom is 0.410 e. The highest BCUT2D eigenvalue weighted by Gasteiger charge is 2.25. The third-order valence-corrected chi connectivity index (χ3v) is 5.61. The van der Waals surface area contributed by atoms with Crippen molar-refractivity contribution < 1.29 is 9.53 Å². The largest absolute Gasteiger partial charge is 0.444 e. The highest BCUT2D eigenvalue weighted by molar-refractivity contribution is 6.08. The van der Waals surface area contributed by atoms with Gasteiger partial charge in [-0.1, -0.05) is 38.2 Å². The Bertz CT molecular complexity index is 947. The number of amides is 1. The monoisotopic (exact) mass is 481 g/mol. The summed E-state index contributed by atoms with van der Waals surface area (Å²) < 4.78 is 5.64. The van der Waals surface area contributed by atoms with Gasteiger partial charge in [-0.05, 0) is 91.4 Å². The SMILES string of the molecule is C=C1CC=C=C(CC)/C(N)=C(/N=C(\C=C(C)C)C(=C)CC[C@H](C)N(CCC)C(=O)OC(C)(C)C)C1. The molecule has 0 radical (unpaired) electrons. The molecule has 0 saturated heterocycles. The fourth-order valence-corrected chi connectivity index (χ4v) is 3.72. The summed E-state index contributed by atoms with van der Waals surface area (Å²) in [7, 11) is 0. The third-order valence-electron chi connectivity index (χ3n) is 5.61. The average molecular weight is 482 g/mol. The van der Waals surface area contributed by atoms with Gasteiger partial charge < -0.3 is 15.4 Å². The molecule has 0 aromatic rings. The van der Waals surface area contributed by atoms with Crippen molar-refractivity contribution in [2.45, 2.75) is 106 Å². The summed E-state index contributed by atoms with van der Waals surface area (Å²) in [5.41, 5.74) is 15.7. The van der Waals surface area contributed by atoms with Gasteiger partial charge in [-0.25, -0.2) is 4.79 Å². The Balaban J connectivity index is 3.19. The van der Waals surface area contributed by atoms with Crippen LogP contribution in [0.15, 0.2) is 69.7 Å². The smallest absolute Gasteiger partial charge is 0.410 e. The molecule has 0 aromatic heterocycles. The van der Waals surface area contributed by atoms with E-state index in [-0.39, 0.29) is 12.1 Å². The van der Waals surface area contributed by atoms with E-state index in [1.165, 1.54) is 0 Å². The van der Waals surface area contributed by atoms with Crippen LogP contribution in [0.2, 0.25) is 0 Å². The number of allylic oxidation sites excluding steroid dienone is 5. The zero-order chi connectivity index (χ0) is 26.8. The summed E-state index contributed by atoms with van der Waals surface area (Å²) >= 11 is 0. The van der Waals surface area contributed by atoms with Crippen molar-refractivity contribution in [3.63, 3.8) is 0 Å². The topological polar surface area (TPSA) is 67.9 Å². The van der Waals surface area contributed by atoms with E-state index in [4.69, 9.17) is 15.5 Å². The van der Waals surface area contributed by atoms with Crippen LogP contribution in [-0.2, 0) is 4.74 Å². The number of nitrogens with zero attached hydrogens (tertiary/aromatic N) is 2. The number of hydrogen-bond donors (Lipinski definition) is 1. The summed E-state index contributed by atoms with van der Waals surface area (Å²) in [6, 6.07) is 0.0136. The first-order valence-corrected chi connectivity index (χ1v) is 12.8. The minimum absolute atomic E-state index is 0.0136. The van der Waals surface area contributed by atoms with Gasteiger partial charge in [0.2, 0.25) is 0 Å². The molecular weight excluding hydrogens is 434 g/mol. The van der Waals surface area contributed by atoms with Gasteiger partial charge in [0, 0.05) is 24.6 Å². The number of carbonyl (C=O) groups is 1. The lowest BCUT2D eigenvalue weighted by Crippen LogP contribution is -2.42. The second kappa shape index (κ2) is 13.9. The Morgan fingerprint density at radius 3 is 2.54 bits per heavy atom. The van der Waals surface area contributed by atoms with Crippen LogP contribution < -0.4 is 5.73 Å². The molecule has 5 nitrogen and oxygen atoms in total. The van der Waals surface area contributed by atoms with Crippen LogP contribution in [0, 0.1) is 0 Å². The van der Waals surface area contributed by atoms with Crippen molar-refractivity contribution in [2.75, 3.05) is 6.54 Å². The lowest BCUT2D eigenvalue weighted by Gasteiger charge is -2.31. The van der Waals surface area contributed by atoms with Gasteiger partial charge in [0.1, 0.15) is 5.60 Å². The molecule has 0 bridgehead atoms. The van der Waals surface area contributed by atoms with E-state index >= 15 is 0 Å². The number of ether oxygens (including phenoxy) is 1. The fraction of sp³-hybridized carbons (Fsp3) is 0.567. The molecule has 0 saturated carbocycles. The molecule has 1 aliphatic carbocycles. The van der Waals surface area contributed by atoms with Crippen LogP contribution in [0.1, 0.15) is 93.9 Å². The molecular formula is C30H47N3O2. The molecule has 0 unspecified atom stereocenters. The molecule has 5 heteroatoms. The molecule has 0 fully saturated rings. The average Bonchev–Trinajstić information content (AvgIpc) is 2.74. The van der Waals surface area contributed by atoms with Crippen LogP contribution in [0.4, 0.5) is 4.79 Å². The first kappa shape index (κ1) is 30.3. The van der Waals surface area contributed by atoms with Gasteiger partial charge in [0.15, 0.2) is 0 Å². The first-order valence-electron chi connectivity index (χ1n) is 12.8. The standard InChI is InChI=1S/C30H47N3O2/c1-11-18-33(29(34)35-30(8,9)10)24(7)17-16-23(6)26(19-21(3)4)32-27-20-22(5)14-13-15-25(12-2)28(27)31/h13,19,24H,5-6,11-12,14,16-18,20,31H2,1-4,7-10H3/b28-27-,32-26+/t15?,24-/m0/s1. The van der Waals surface area contributed by atoms with E-state index in [0.717, 1.165) is 59.4 Å². The predicted octanol–water partition coefficient (Wildman–Crippen LogP) is 7.78. The lowest BCUT2D eigenvalue weighted by atomic mass is 9.98. The molecule has 1 rings (SSSR count). The fourth-order valence-electron chi connectivity index (χ4n) is 3.72. The zero-order valence-electron chi connectivity index (χ0n) is 23.4. The van der Waals surface area contributed by atoms with Crippen LogP contribution in [0.25, 0.3) is 0 Å². The Morgan fingerprint density at radius 2 is 2.00 bits per heavy atom. The van der Waals surface area contributed by atoms with E-state index in [2.05, 4.69) is 45.7 Å². The Kier molecular flexibility index (Phi) is 12.1. The van der Waals surface area contributed by atoms with Crippen molar-refractivity contribution in [3.8, 4) is 0 Å². The molecule has 194 valence electrons. The molecule has 0 aliphatic heterocycles. The maximum atomic E-state index is 12.8. The highest BCUT2D eigenvalue weighted by Crippen LogP contribution is 2.25. The second-order valence-electron chi connectivity index (χ2n) is 10.6. The number of nitrogens with two attached hydrogens (primary N) is 1. The van der Waals surface area contributed by atoms with Crippen molar-refractivity contribution in [1.29, 1.82) is 0 Å². The molecule has 0 spiro atoms. The van der Waals surface area contributed by atoms with E-state index < -0.39 is 5.60 Å². The Hall–Kier alpha value is -2.78. The van der Waals surface area contributed by atoms with E-state index in [9.17, 15) is 4.79 Å². The minimum Gasteiger partial charge on any atom is -0.444 e. The molecule has 1 aliphatic rings. The summed E-state index contributed by atoms with van der Waals surface area (Å²) in [5, 5.41) is 0. The molecule has 1 atom stereocenters. The summed E-state index contributed by atoms with van der Waals surface area (Å²) in [6.45, 7) is 25.2. The van der Waals surface area contributed by atoms with Crippen LogP contribution in [-0.4, -0.2) is 34.9 Å². The molecule has 0 aromatic carbocycles. The molecule has 0 heterocycles. The summed E-state index contributed by atoms with van der Waals surface area (Å²) in [6.07, 6.45) is 8.31. The van der Waals surface area contributed by atoms with Gasteiger partial charge >= 0.3 is 6.09 Å². The summed E-state index contributed by atoms with van der Waals surface area (Å²) in [5.74, 6) is 0. The summed E-state index contributed by atoms with van der Waals surface area (Å²) in [4.78, 5) is 19.6. The molecule has 35 heavy (non-hydrogen) atoms. The van der Waals surface area contributed by atoms with Crippen molar-refractivity contribution in [1.82, 2.24) is 4.90 Å². The number of hydrogen-bond acceptors (Lipinski definition) is 4. The maximum absolute atomic E-state index is 12.8. The molecule has 2 N–H and O–H groups in total. The van der Waals surface area contributed by atoms with Gasteiger partial charge in [0.25, 0.3) is 0 Å². The predicted molar refractivity (Wildman–Crippen MR) is 149 cm³/mol. The van der Waals surface area contributed by atoms with Crippen LogP contribution in [0.3, 0.4) is 0 Å². The number of rotatable bonds is 10. The van der Waals surface area contributed by atoms with Crippen LogP contribution in [0.5, 0.6) is 0 Å². The quantitative estimate of drug-likeness (QED) is 0.197. The van der Waals surface area contributed by atoms with Gasteiger partial charge in [-0.3, -0.25) is 4.99 Å². The van der Waals surface area contributed by atoms with E-state index in [1.807, 2.05) is 45.6 Å². The Labute approximate surface area is 213 Å². The normalized spacial score (nSPS) is 17.8. The van der Waals surface area contributed by atoms with Crippen molar-refractivity contribution in [3.05, 3.63) is 64.7 Å². The van der Waals surface area contributed by atoms with Gasteiger partial charge in [-0.15, -0.1) is 5.73 Å². The number of carbonyl (C=O) groups excluding carboxylic acids is 1. The van der Waals surface area contributed by atoms with Gasteiger partial charge in [0.05, 0.1) is 17.1 Å². The van der Waals surface area contributed by atoms with Crippen molar-refractivity contribution in [2.24, 2.45) is 10.7 Å². The molecule has 1 amide bonds. The minimum atomic E-state index is -0.522. The van der Waals surface area contributed by atoms with Crippen molar-refractivity contribution >= 4 is 11.8 Å².